The van der Waals surface area contributed by atoms with Crippen LogP contribution >= 0.6 is 0 Å². The molecule has 0 aliphatic carbocycles. The standard InChI is InChI=1S/4CH2O3.6Na.6H/c4*2-1(3)4;;;;;;;;;;;;/h4*(H2,2,3,4);;;;;;;;;;;;. The Morgan fingerprint density at radius 3 is 0.318 bits per heavy atom. The molecule has 0 aliphatic rings. The number of hydrogen-bond acceptors (Lipinski definition) is 4. The summed E-state index contributed by atoms with van der Waals surface area (Å²) in [5.41, 5.74) is 0. The summed E-state index contributed by atoms with van der Waals surface area (Å²) < 4.78 is 0. The Morgan fingerprint density at radius 2 is 0.318 bits per heavy atom. The van der Waals surface area contributed by atoms with Crippen LogP contribution < -0.4 is 0 Å². The third kappa shape index (κ3) is 1190. The third-order valence-corrected chi connectivity index (χ3v) is 0. The molecule has 0 saturated carbocycles. The molecule has 0 rings (SSSR count). The molecule has 0 amide bonds. The van der Waals surface area contributed by atoms with Crippen LogP contribution in [0, 0.1) is 0 Å². The first-order valence-electron chi connectivity index (χ1n) is 2.61. The fraction of sp³-hybridized carbons (Fsp3) is 0. The summed E-state index contributed by atoms with van der Waals surface area (Å²) in [4.78, 5) is 34.2. The van der Waals surface area contributed by atoms with E-state index in [1.165, 1.54) is 0 Å². The van der Waals surface area contributed by atoms with Gasteiger partial charge in [-0.25, -0.2) is 19.2 Å². The minimum absolute atomic E-state index is 0. The summed E-state index contributed by atoms with van der Waals surface area (Å²) in [6, 6.07) is 0. The molecule has 0 aromatic heterocycles. The minimum atomic E-state index is -1.83. The summed E-state index contributed by atoms with van der Waals surface area (Å²) in [6.45, 7) is 0. The quantitative estimate of drug-likeness (QED) is 0.193. The van der Waals surface area contributed by atoms with Crippen molar-refractivity contribution in [3.05, 3.63) is 0 Å². The van der Waals surface area contributed by atoms with Crippen molar-refractivity contribution in [2.45, 2.75) is 0 Å². The summed E-state index contributed by atoms with van der Waals surface area (Å²) in [5.74, 6) is 0. The van der Waals surface area contributed by atoms with Crippen LogP contribution in [0.5, 0.6) is 0 Å². The average Bonchev–Trinajstić information content (AvgIpc) is 1.76. The van der Waals surface area contributed by atoms with E-state index in [4.69, 9.17) is 60.0 Å². The molecule has 22 heavy (non-hydrogen) atoms. The third-order valence-electron chi connectivity index (χ3n) is 0. The first-order valence-corrected chi connectivity index (χ1v) is 2.61. The van der Waals surface area contributed by atoms with Crippen LogP contribution in [0.3, 0.4) is 0 Å². The molecule has 18 heteroatoms. The second kappa shape index (κ2) is 56.4. The van der Waals surface area contributed by atoms with Gasteiger partial charge in [0.25, 0.3) is 0 Å². The van der Waals surface area contributed by atoms with Crippen LogP contribution in [0.25, 0.3) is 0 Å². The normalized spacial score (nSPS) is 4.36. The van der Waals surface area contributed by atoms with E-state index in [9.17, 15) is 0 Å². The fourth-order valence-corrected chi connectivity index (χ4v) is 0. The predicted octanol–water partition coefficient (Wildman–Crippen LogP) is -3.00. The maximum atomic E-state index is 8.56. The first kappa shape index (κ1) is 63.9. The van der Waals surface area contributed by atoms with Gasteiger partial charge in [-0.05, 0) is 0 Å². The topological polar surface area (TPSA) is 230 Å². The average molecular weight is 392 g/mol. The van der Waals surface area contributed by atoms with Crippen LogP contribution in [-0.2, 0) is 0 Å². The second-order valence-corrected chi connectivity index (χ2v) is 1.13. The number of carboxylic acid groups (broad SMARTS) is 8. The Labute approximate surface area is 256 Å². The summed E-state index contributed by atoms with van der Waals surface area (Å²) in [5, 5.41) is 55.8. The van der Waals surface area contributed by atoms with Crippen molar-refractivity contribution in [2.24, 2.45) is 0 Å². The van der Waals surface area contributed by atoms with Crippen molar-refractivity contribution in [2.75, 3.05) is 0 Å². The van der Waals surface area contributed by atoms with E-state index in [0.717, 1.165) is 0 Å². The van der Waals surface area contributed by atoms with Crippen molar-refractivity contribution in [3.8, 4) is 0 Å². The Kier molecular flexibility index (Phi) is 164. The SMILES string of the molecule is O=C(O)O.O=C(O)O.O=C(O)O.O=C(O)O.[NaH].[NaH].[NaH].[NaH].[NaH].[NaH]. The molecule has 12 nitrogen and oxygen atoms in total. The Hall–Kier alpha value is 3.08. The van der Waals surface area contributed by atoms with Gasteiger partial charge < -0.3 is 40.9 Å². The van der Waals surface area contributed by atoms with Gasteiger partial charge >= 0.3 is 202 Å². The Bertz CT molecular complexity index is 172. The van der Waals surface area contributed by atoms with Gasteiger partial charge in [0.1, 0.15) is 0 Å². The van der Waals surface area contributed by atoms with Crippen LogP contribution in [-0.4, -0.2) is 243 Å². The van der Waals surface area contributed by atoms with Crippen molar-refractivity contribution in [1.82, 2.24) is 0 Å². The van der Waals surface area contributed by atoms with E-state index < -0.39 is 24.6 Å². The zero-order valence-corrected chi connectivity index (χ0v) is 7.21. The molecule has 0 heterocycles. The van der Waals surface area contributed by atoms with E-state index in [1.807, 2.05) is 0 Å². The van der Waals surface area contributed by atoms with E-state index >= 15 is 0 Å². The molecule has 0 atom stereocenters. The Balaban J connectivity index is -0.00000001000. The summed E-state index contributed by atoms with van der Waals surface area (Å²) in [7, 11) is 0. The molecule has 0 radical (unpaired) electrons. The van der Waals surface area contributed by atoms with E-state index in [-0.39, 0.29) is 177 Å². The molecule has 0 unspecified atom stereocenters. The van der Waals surface area contributed by atoms with E-state index in [1.54, 1.807) is 0 Å². The zero-order chi connectivity index (χ0) is 14.3. The molecule has 0 bridgehead atoms. The molecule has 0 aromatic rings. The number of hydrogen-bond donors (Lipinski definition) is 8. The monoisotopic (exact) mass is 392 g/mol. The van der Waals surface area contributed by atoms with Gasteiger partial charge in [0.15, 0.2) is 0 Å². The molecule has 0 spiro atoms. The first-order chi connectivity index (χ1) is 6.93. The molecule has 0 aliphatic heterocycles. The number of rotatable bonds is 0. The van der Waals surface area contributed by atoms with Crippen molar-refractivity contribution >= 4 is 202 Å². The maximum absolute atomic E-state index is 8.56. The Morgan fingerprint density at radius 1 is 0.318 bits per heavy atom. The molecule has 0 fully saturated rings. The van der Waals surface area contributed by atoms with E-state index in [2.05, 4.69) is 0 Å². The number of carbonyl (C=O) groups is 4. The van der Waals surface area contributed by atoms with Crippen molar-refractivity contribution in [1.29, 1.82) is 0 Å². The molecule has 8 N–H and O–H groups in total. The van der Waals surface area contributed by atoms with E-state index in [0.29, 0.717) is 0 Å². The van der Waals surface area contributed by atoms with Crippen LogP contribution in [0.15, 0.2) is 0 Å². The summed E-state index contributed by atoms with van der Waals surface area (Å²) in [6.07, 6.45) is -7.33. The van der Waals surface area contributed by atoms with Gasteiger partial charge in [-0.1, -0.05) is 0 Å². The predicted molar refractivity (Wildman–Crippen MR) is 85.5 cm³/mol. The van der Waals surface area contributed by atoms with Gasteiger partial charge in [-0.2, -0.15) is 0 Å². The van der Waals surface area contributed by atoms with Gasteiger partial charge in [-0.15, -0.1) is 0 Å². The van der Waals surface area contributed by atoms with Crippen LogP contribution in [0.4, 0.5) is 19.2 Å². The van der Waals surface area contributed by atoms with Crippen LogP contribution in [0.1, 0.15) is 0 Å². The van der Waals surface area contributed by atoms with Gasteiger partial charge in [-0.3, -0.25) is 0 Å². The van der Waals surface area contributed by atoms with Gasteiger partial charge in [0, 0.05) is 0 Å². The van der Waals surface area contributed by atoms with Crippen molar-refractivity contribution in [3.63, 3.8) is 0 Å². The van der Waals surface area contributed by atoms with Gasteiger partial charge in [0.2, 0.25) is 0 Å². The van der Waals surface area contributed by atoms with Crippen LogP contribution in [0.2, 0.25) is 0 Å². The fourth-order valence-electron chi connectivity index (χ4n) is 0. The van der Waals surface area contributed by atoms with Gasteiger partial charge in [0.05, 0.1) is 0 Å². The molecule has 0 aromatic carbocycles. The van der Waals surface area contributed by atoms with Crippen molar-refractivity contribution < 1.29 is 60.0 Å². The zero-order valence-electron chi connectivity index (χ0n) is 7.21. The second-order valence-electron chi connectivity index (χ2n) is 1.13. The molecular formula is C4H14Na6O12. The molecular weight excluding hydrogens is 378 g/mol. The summed E-state index contributed by atoms with van der Waals surface area (Å²) >= 11 is 0. The molecule has 0 saturated heterocycles. The molecule has 108 valence electrons.